The third-order valence-electron chi connectivity index (χ3n) is 3.84. The average Bonchev–Trinajstić information content (AvgIpc) is 3.46. The first-order chi connectivity index (χ1) is 11.8. The maximum Gasteiger partial charge on any atom is 0.187 e. The van der Waals surface area contributed by atoms with Crippen LogP contribution < -0.4 is 4.74 Å². The van der Waals surface area contributed by atoms with E-state index in [-0.39, 0.29) is 0 Å². The van der Waals surface area contributed by atoms with Gasteiger partial charge in [0, 0.05) is 6.61 Å². The van der Waals surface area contributed by atoms with E-state index in [1.54, 1.807) is 0 Å². The van der Waals surface area contributed by atoms with Gasteiger partial charge in [0.25, 0.3) is 0 Å². The Balaban J connectivity index is 1.38. The number of epoxide rings is 1. The van der Waals surface area contributed by atoms with E-state index in [1.807, 2.05) is 48.5 Å². The van der Waals surface area contributed by atoms with Gasteiger partial charge >= 0.3 is 0 Å². The van der Waals surface area contributed by atoms with Crippen LogP contribution in [0, 0.1) is 6.57 Å². The molecule has 4 nitrogen and oxygen atoms in total. The van der Waals surface area contributed by atoms with Crippen LogP contribution in [0.5, 0.6) is 5.75 Å². The molecule has 4 heteroatoms. The number of ether oxygens (including phenoxy) is 3. The Labute approximate surface area is 142 Å². The van der Waals surface area contributed by atoms with Gasteiger partial charge in [-0.15, -0.1) is 0 Å². The van der Waals surface area contributed by atoms with Crippen LogP contribution in [0.4, 0.5) is 5.69 Å². The van der Waals surface area contributed by atoms with Crippen molar-refractivity contribution < 1.29 is 14.2 Å². The zero-order valence-corrected chi connectivity index (χ0v) is 13.6. The lowest BCUT2D eigenvalue weighted by atomic mass is 10.1. The molecule has 0 radical (unpaired) electrons. The summed E-state index contributed by atoms with van der Waals surface area (Å²) < 4.78 is 16.3. The molecule has 0 aromatic heterocycles. The summed E-state index contributed by atoms with van der Waals surface area (Å²) in [6, 6.07) is 15.7. The quantitative estimate of drug-likeness (QED) is 0.388. The molecule has 0 amide bonds. The van der Waals surface area contributed by atoms with E-state index in [4.69, 9.17) is 20.8 Å². The molecule has 1 heterocycles. The fraction of sp³-hybridized carbons (Fsp3) is 0.350. The van der Waals surface area contributed by atoms with E-state index < -0.39 is 0 Å². The maximum absolute atomic E-state index is 6.98. The molecule has 1 aliphatic heterocycles. The van der Waals surface area contributed by atoms with Crippen molar-refractivity contribution in [3.05, 3.63) is 59.9 Å². The van der Waals surface area contributed by atoms with E-state index in [1.165, 1.54) is 0 Å². The predicted octanol–water partition coefficient (Wildman–Crippen LogP) is 4.48. The lowest BCUT2D eigenvalue weighted by Gasteiger charge is -2.08. The number of hydrogen-bond acceptors (Lipinski definition) is 3. The van der Waals surface area contributed by atoms with Crippen LogP contribution in [0.25, 0.3) is 16.0 Å². The molecule has 1 aliphatic rings. The lowest BCUT2D eigenvalue weighted by molar-refractivity contribution is 0.110. The minimum atomic E-state index is 0.345. The zero-order chi connectivity index (χ0) is 16.6. The highest BCUT2D eigenvalue weighted by Gasteiger charge is 2.21. The zero-order valence-electron chi connectivity index (χ0n) is 13.6. The number of nitrogens with zero attached hydrogens (tertiary/aromatic N) is 1. The first-order valence-electron chi connectivity index (χ1n) is 8.25. The van der Waals surface area contributed by atoms with Crippen molar-refractivity contribution in [1.29, 1.82) is 0 Å². The van der Waals surface area contributed by atoms with Gasteiger partial charge in [0.1, 0.15) is 11.9 Å². The van der Waals surface area contributed by atoms with Crippen molar-refractivity contribution in [2.45, 2.75) is 18.9 Å². The van der Waals surface area contributed by atoms with E-state index in [9.17, 15) is 0 Å². The second-order valence-corrected chi connectivity index (χ2v) is 5.77. The number of rotatable bonds is 9. The van der Waals surface area contributed by atoms with E-state index in [0.717, 1.165) is 49.5 Å². The van der Waals surface area contributed by atoms with Gasteiger partial charge in [0.2, 0.25) is 0 Å². The van der Waals surface area contributed by atoms with Crippen molar-refractivity contribution in [2.24, 2.45) is 0 Å². The van der Waals surface area contributed by atoms with Gasteiger partial charge < -0.3 is 14.2 Å². The number of benzene rings is 2. The molecule has 2 aromatic carbocycles. The molecule has 3 rings (SSSR count). The third-order valence-corrected chi connectivity index (χ3v) is 3.84. The SMILES string of the molecule is [C-]#[N+]c1ccc(-c2ccc(OCCCCOCC3CO3)cc2)cc1. The van der Waals surface area contributed by atoms with Crippen LogP contribution in [0.2, 0.25) is 0 Å². The Morgan fingerprint density at radius 2 is 1.58 bits per heavy atom. The maximum atomic E-state index is 6.98. The van der Waals surface area contributed by atoms with Gasteiger partial charge in [0.15, 0.2) is 5.69 Å². The molecule has 124 valence electrons. The number of unbranched alkanes of at least 4 members (excludes halogenated alkanes) is 1. The summed E-state index contributed by atoms with van der Waals surface area (Å²) in [7, 11) is 0. The van der Waals surface area contributed by atoms with E-state index in [0.29, 0.717) is 18.4 Å². The first kappa shape index (κ1) is 16.5. The average molecular weight is 323 g/mol. The van der Waals surface area contributed by atoms with Crippen LogP contribution in [0.1, 0.15) is 12.8 Å². The van der Waals surface area contributed by atoms with E-state index in [2.05, 4.69) is 4.85 Å². The molecule has 24 heavy (non-hydrogen) atoms. The smallest absolute Gasteiger partial charge is 0.187 e. The van der Waals surface area contributed by atoms with Gasteiger partial charge in [-0.25, -0.2) is 4.85 Å². The summed E-state index contributed by atoms with van der Waals surface area (Å²) >= 11 is 0. The Morgan fingerprint density at radius 1 is 0.958 bits per heavy atom. The fourth-order valence-corrected chi connectivity index (χ4v) is 2.35. The molecular weight excluding hydrogens is 302 g/mol. The number of hydrogen-bond donors (Lipinski definition) is 0. The lowest BCUT2D eigenvalue weighted by Crippen LogP contribution is -2.04. The summed E-state index contributed by atoms with van der Waals surface area (Å²) in [4.78, 5) is 3.41. The van der Waals surface area contributed by atoms with Crippen LogP contribution in [-0.2, 0) is 9.47 Å². The topological polar surface area (TPSA) is 35.4 Å². The van der Waals surface area contributed by atoms with Crippen molar-refractivity contribution in [3.63, 3.8) is 0 Å². The Hall–Kier alpha value is -2.35. The second kappa shape index (κ2) is 8.49. The molecule has 1 atom stereocenters. The highest BCUT2D eigenvalue weighted by Crippen LogP contribution is 2.24. The van der Waals surface area contributed by atoms with Crippen LogP contribution in [0.3, 0.4) is 0 Å². The minimum absolute atomic E-state index is 0.345. The largest absolute Gasteiger partial charge is 0.494 e. The summed E-state index contributed by atoms with van der Waals surface area (Å²) in [6.07, 6.45) is 2.32. The van der Waals surface area contributed by atoms with Gasteiger partial charge in [-0.2, -0.15) is 0 Å². The molecule has 1 fully saturated rings. The monoisotopic (exact) mass is 323 g/mol. The Bertz CT molecular complexity index is 670. The van der Waals surface area contributed by atoms with Gasteiger partial charge in [-0.05, 0) is 36.1 Å². The summed E-state index contributed by atoms with van der Waals surface area (Å²) in [5.74, 6) is 0.879. The van der Waals surface area contributed by atoms with Gasteiger partial charge in [-0.1, -0.05) is 36.4 Å². The Kier molecular flexibility index (Phi) is 5.84. The van der Waals surface area contributed by atoms with Gasteiger partial charge in [0.05, 0.1) is 26.4 Å². The standard InChI is InChI=1S/C20H21NO3/c1-21-18-8-4-16(5-9-18)17-6-10-19(11-7-17)23-13-3-2-12-22-14-20-15-24-20/h4-11,20H,2-3,12-15H2. The van der Waals surface area contributed by atoms with Crippen molar-refractivity contribution in [3.8, 4) is 16.9 Å². The molecule has 0 aliphatic carbocycles. The molecule has 0 bridgehead atoms. The predicted molar refractivity (Wildman–Crippen MR) is 93.4 cm³/mol. The summed E-state index contributed by atoms with van der Waals surface area (Å²) in [5.41, 5.74) is 2.88. The normalized spacial score (nSPS) is 15.7. The van der Waals surface area contributed by atoms with Crippen LogP contribution in [-0.4, -0.2) is 32.5 Å². The second-order valence-electron chi connectivity index (χ2n) is 5.77. The highest BCUT2D eigenvalue weighted by molar-refractivity contribution is 5.66. The summed E-state index contributed by atoms with van der Waals surface area (Å²) in [5, 5.41) is 0. The molecule has 1 unspecified atom stereocenters. The molecular formula is C20H21NO3. The molecule has 0 saturated carbocycles. The molecule has 2 aromatic rings. The third kappa shape index (κ3) is 5.09. The van der Waals surface area contributed by atoms with Crippen molar-refractivity contribution >= 4 is 5.69 Å². The van der Waals surface area contributed by atoms with Gasteiger partial charge in [-0.3, -0.25) is 0 Å². The minimum Gasteiger partial charge on any atom is -0.494 e. The van der Waals surface area contributed by atoms with Crippen LogP contribution in [0.15, 0.2) is 48.5 Å². The van der Waals surface area contributed by atoms with Crippen LogP contribution >= 0.6 is 0 Å². The van der Waals surface area contributed by atoms with Crippen molar-refractivity contribution in [2.75, 3.05) is 26.4 Å². The molecule has 0 spiro atoms. The molecule has 1 saturated heterocycles. The summed E-state index contributed by atoms with van der Waals surface area (Å²) in [6.45, 7) is 10.0. The van der Waals surface area contributed by atoms with E-state index >= 15 is 0 Å². The fourth-order valence-electron chi connectivity index (χ4n) is 2.35. The Morgan fingerprint density at radius 3 is 2.21 bits per heavy atom. The highest BCUT2D eigenvalue weighted by atomic mass is 16.6. The molecule has 0 N–H and O–H groups in total. The van der Waals surface area contributed by atoms with Crippen molar-refractivity contribution in [1.82, 2.24) is 0 Å². The first-order valence-corrected chi connectivity index (χ1v) is 8.25.